The summed E-state index contributed by atoms with van der Waals surface area (Å²) in [5.41, 5.74) is 1.64. The number of para-hydroxylation sites is 1. The Morgan fingerprint density at radius 2 is 2.00 bits per heavy atom. The molecule has 1 aliphatic rings. The fourth-order valence-electron chi connectivity index (χ4n) is 4.39. The lowest BCUT2D eigenvalue weighted by Gasteiger charge is -2.31. The van der Waals surface area contributed by atoms with Gasteiger partial charge in [0, 0.05) is 43.0 Å². The summed E-state index contributed by atoms with van der Waals surface area (Å²) in [5, 5.41) is 0.880. The topological polar surface area (TPSA) is 73.4 Å². The van der Waals surface area contributed by atoms with E-state index in [1.165, 1.54) is 0 Å². The molecule has 0 aliphatic carbocycles. The van der Waals surface area contributed by atoms with E-state index in [0.29, 0.717) is 49.3 Å². The van der Waals surface area contributed by atoms with Crippen molar-refractivity contribution >= 4 is 16.9 Å². The number of nitrogens with zero attached hydrogens (tertiary/aromatic N) is 4. The van der Waals surface area contributed by atoms with Crippen LogP contribution in [0, 0.1) is 0 Å². The van der Waals surface area contributed by atoms with E-state index >= 15 is 0 Å². The molecule has 1 saturated heterocycles. The van der Waals surface area contributed by atoms with Crippen molar-refractivity contribution in [3.63, 3.8) is 0 Å². The van der Waals surface area contributed by atoms with E-state index in [2.05, 4.69) is 14.5 Å². The number of furan rings is 1. The molecule has 0 saturated carbocycles. The molecule has 1 aliphatic heterocycles. The van der Waals surface area contributed by atoms with Crippen LogP contribution in [0.3, 0.4) is 0 Å². The monoisotopic (exact) mass is 430 g/mol. The van der Waals surface area contributed by atoms with E-state index in [9.17, 15) is 4.79 Å². The molecule has 3 aromatic heterocycles. The number of piperidine rings is 1. The molecule has 0 unspecified atom stereocenters. The van der Waals surface area contributed by atoms with Gasteiger partial charge in [-0.25, -0.2) is 4.98 Å². The van der Waals surface area contributed by atoms with Crippen molar-refractivity contribution in [2.24, 2.45) is 0 Å². The number of rotatable bonds is 6. The SMILES string of the molecule is CCOc1cccc2cc(C(=O)N3CCC(c4nccn4Cc4ccccn4)CC3)oc12. The summed E-state index contributed by atoms with van der Waals surface area (Å²) in [5.74, 6) is 2.34. The van der Waals surface area contributed by atoms with Gasteiger partial charge in [-0.3, -0.25) is 9.78 Å². The van der Waals surface area contributed by atoms with Crippen LogP contribution in [0.5, 0.6) is 5.75 Å². The van der Waals surface area contributed by atoms with Crippen LogP contribution in [0.25, 0.3) is 11.0 Å². The van der Waals surface area contributed by atoms with Crippen LogP contribution in [-0.2, 0) is 6.54 Å². The van der Waals surface area contributed by atoms with E-state index < -0.39 is 0 Å². The van der Waals surface area contributed by atoms with Gasteiger partial charge in [0.1, 0.15) is 5.82 Å². The van der Waals surface area contributed by atoms with Crippen molar-refractivity contribution in [3.05, 3.63) is 78.3 Å². The first kappa shape index (κ1) is 20.3. The zero-order valence-corrected chi connectivity index (χ0v) is 18.1. The molecule has 32 heavy (non-hydrogen) atoms. The number of imidazole rings is 1. The van der Waals surface area contributed by atoms with Crippen LogP contribution >= 0.6 is 0 Å². The maximum atomic E-state index is 13.1. The predicted octanol–water partition coefficient (Wildman–Crippen LogP) is 4.49. The zero-order valence-electron chi connectivity index (χ0n) is 18.1. The second-order valence-electron chi connectivity index (χ2n) is 8.02. The first-order valence-corrected chi connectivity index (χ1v) is 11.1. The third kappa shape index (κ3) is 3.98. The predicted molar refractivity (Wildman–Crippen MR) is 121 cm³/mol. The van der Waals surface area contributed by atoms with Gasteiger partial charge in [-0.15, -0.1) is 0 Å². The molecule has 1 fully saturated rings. The molecule has 1 amide bonds. The van der Waals surface area contributed by atoms with Crippen molar-refractivity contribution in [1.29, 1.82) is 0 Å². The number of hydrogen-bond acceptors (Lipinski definition) is 5. The molecule has 4 aromatic rings. The molecule has 0 atom stereocenters. The Balaban J connectivity index is 1.27. The number of pyridine rings is 1. The zero-order chi connectivity index (χ0) is 21.9. The van der Waals surface area contributed by atoms with E-state index in [4.69, 9.17) is 9.15 Å². The van der Waals surface area contributed by atoms with Gasteiger partial charge in [0.15, 0.2) is 17.1 Å². The summed E-state index contributed by atoms with van der Waals surface area (Å²) in [6, 6.07) is 13.5. The number of carbonyl (C=O) groups is 1. The Morgan fingerprint density at radius 3 is 2.78 bits per heavy atom. The standard InChI is InChI=1S/C25H26N4O3/c1-2-31-21-8-5-6-19-16-22(32-23(19)21)25(30)28-13-9-18(10-14-28)24-27-12-15-29(24)17-20-7-3-4-11-26-20/h3-8,11-12,15-16,18H,2,9-10,13-14,17H2,1H3. The van der Waals surface area contributed by atoms with E-state index in [1.807, 2.05) is 72.9 Å². The normalized spacial score (nSPS) is 14.7. The minimum Gasteiger partial charge on any atom is -0.490 e. The lowest BCUT2D eigenvalue weighted by molar-refractivity contribution is 0.0680. The third-order valence-corrected chi connectivity index (χ3v) is 5.97. The maximum absolute atomic E-state index is 13.1. The van der Waals surface area contributed by atoms with Crippen molar-refractivity contribution in [1.82, 2.24) is 19.4 Å². The van der Waals surface area contributed by atoms with Crippen LogP contribution in [0.4, 0.5) is 0 Å². The molecule has 7 heteroatoms. The van der Waals surface area contributed by atoms with E-state index in [-0.39, 0.29) is 5.91 Å². The Kier molecular flexibility index (Phi) is 5.62. The van der Waals surface area contributed by atoms with Gasteiger partial charge in [-0.05, 0) is 44.0 Å². The molecule has 7 nitrogen and oxygen atoms in total. The smallest absolute Gasteiger partial charge is 0.289 e. The lowest BCUT2D eigenvalue weighted by atomic mass is 9.95. The Hall–Kier alpha value is -3.61. The fraction of sp³-hybridized carbons (Fsp3) is 0.320. The molecule has 0 radical (unpaired) electrons. The Morgan fingerprint density at radius 1 is 1.12 bits per heavy atom. The minimum atomic E-state index is -0.0704. The molecule has 1 aromatic carbocycles. The molecular weight excluding hydrogens is 404 g/mol. The Labute approximate surface area is 186 Å². The molecular formula is C25H26N4O3. The first-order valence-electron chi connectivity index (χ1n) is 11.1. The second-order valence-corrected chi connectivity index (χ2v) is 8.02. The molecule has 0 spiro atoms. The summed E-state index contributed by atoms with van der Waals surface area (Å²) in [6.45, 7) is 4.54. The highest BCUT2D eigenvalue weighted by molar-refractivity contribution is 5.97. The van der Waals surface area contributed by atoms with Gasteiger partial charge >= 0.3 is 0 Å². The number of amides is 1. The molecule has 0 N–H and O–H groups in total. The molecule has 4 heterocycles. The summed E-state index contributed by atoms with van der Waals surface area (Å²) in [6.07, 6.45) is 7.41. The van der Waals surface area contributed by atoms with Crippen molar-refractivity contribution < 1.29 is 13.9 Å². The van der Waals surface area contributed by atoms with Gasteiger partial charge in [0.05, 0.1) is 18.8 Å². The summed E-state index contributed by atoms with van der Waals surface area (Å²) >= 11 is 0. The molecule has 164 valence electrons. The highest BCUT2D eigenvalue weighted by Crippen LogP contribution is 2.31. The number of aromatic nitrogens is 3. The summed E-state index contributed by atoms with van der Waals surface area (Å²) in [7, 11) is 0. The Bertz CT molecular complexity index is 1210. The average molecular weight is 431 g/mol. The highest BCUT2D eigenvalue weighted by atomic mass is 16.5. The number of ether oxygens (including phenoxy) is 1. The van der Waals surface area contributed by atoms with Crippen LogP contribution in [0.1, 0.15) is 47.8 Å². The number of likely N-dealkylation sites (tertiary alicyclic amines) is 1. The van der Waals surface area contributed by atoms with Crippen molar-refractivity contribution in [2.45, 2.75) is 32.2 Å². The minimum absolute atomic E-state index is 0.0704. The first-order chi connectivity index (χ1) is 15.7. The van der Waals surface area contributed by atoms with Gasteiger partial charge in [0.2, 0.25) is 0 Å². The van der Waals surface area contributed by atoms with Gasteiger partial charge in [-0.2, -0.15) is 0 Å². The lowest BCUT2D eigenvalue weighted by Crippen LogP contribution is -2.38. The van der Waals surface area contributed by atoms with Crippen LogP contribution < -0.4 is 4.74 Å². The number of hydrogen-bond donors (Lipinski definition) is 0. The number of fused-ring (bicyclic) bond motifs is 1. The third-order valence-electron chi connectivity index (χ3n) is 5.97. The molecule has 5 rings (SSSR count). The van der Waals surface area contributed by atoms with Gasteiger partial charge in [-0.1, -0.05) is 18.2 Å². The fourth-order valence-corrected chi connectivity index (χ4v) is 4.39. The van der Waals surface area contributed by atoms with Gasteiger partial charge < -0.3 is 18.6 Å². The largest absolute Gasteiger partial charge is 0.490 e. The average Bonchev–Trinajstić information content (AvgIpc) is 3.47. The van der Waals surface area contributed by atoms with Gasteiger partial charge in [0.25, 0.3) is 5.91 Å². The van der Waals surface area contributed by atoms with Crippen LogP contribution in [-0.4, -0.2) is 45.0 Å². The summed E-state index contributed by atoms with van der Waals surface area (Å²) in [4.78, 5) is 24.0. The van der Waals surface area contributed by atoms with Crippen LogP contribution in [0.2, 0.25) is 0 Å². The number of carbonyl (C=O) groups excluding carboxylic acids is 1. The van der Waals surface area contributed by atoms with E-state index in [0.717, 1.165) is 29.7 Å². The summed E-state index contributed by atoms with van der Waals surface area (Å²) < 4.78 is 13.7. The highest BCUT2D eigenvalue weighted by Gasteiger charge is 2.28. The van der Waals surface area contributed by atoms with Crippen molar-refractivity contribution in [3.8, 4) is 5.75 Å². The maximum Gasteiger partial charge on any atom is 0.289 e. The quantitative estimate of drug-likeness (QED) is 0.451. The van der Waals surface area contributed by atoms with Crippen LogP contribution in [0.15, 0.2) is 65.5 Å². The number of benzene rings is 1. The van der Waals surface area contributed by atoms with E-state index in [1.54, 1.807) is 0 Å². The molecule has 0 bridgehead atoms. The second kappa shape index (κ2) is 8.86. The van der Waals surface area contributed by atoms with Crippen molar-refractivity contribution in [2.75, 3.05) is 19.7 Å².